The molecule has 3 heteroatoms. The number of nitrogens with zero attached hydrogens (tertiary/aromatic N) is 1. The molecule has 3 nitrogen and oxygen atoms in total. The lowest BCUT2D eigenvalue weighted by molar-refractivity contribution is -0.133. The molecule has 1 saturated carbocycles. The van der Waals surface area contributed by atoms with Gasteiger partial charge in [-0.2, -0.15) is 0 Å². The summed E-state index contributed by atoms with van der Waals surface area (Å²) in [7, 11) is 0. The Hall–Kier alpha value is -1.35. The van der Waals surface area contributed by atoms with E-state index in [2.05, 4.69) is 12.2 Å². The van der Waals surface area contributed by atoms with Gasteiger partial charge >= 0.3 is 0 Å². The number of carbonyl (C=O) groups is 1. The van der Waals surface area contributed by atoms with Crippen LogP contribution in [-0.2, 0) is 4.79 Å². The predicted molar refractivity (Wildman–Crippen MR) is 66.2 cm³/mol. The van der Waals surface area contributed by atoms with E-state index >= 15 is 0 Å². The molecular formula is C14H18N2O. The van der Waals surface area contributed by atoms with Crippen LogP contribution in [0.15, 0.2) is 30.3 Å². The van der Waals surface area contributed by atoms with Crippen LogP contribution in [0.4, 0.5) is 0 Å². The molecule has 1 unspecified atom stereocenters. The minimum Gasteiger partial charge on any atom is -0.325 e. The van der Waals surface area contributed by atoms with Crippen LogP contribution in [0.25, 0.3) is 0 Å². The maximum Gasteiger partial charge on any atom is 0.245 e. The van der Waals surface area contributed by atoms with E-state index in [0.29, 0.717) is 12.7 Å². The molecule has 0 aromatic heterocycles. The summed E-state index contributed by atoms with van der Waals surface area (Å²) in [6.45, 7) is 2.95. The van der Waals surface area contributed by atoms with Gasteiger partial charge in [-0.05, 0) is 24.3 Å². The molecule has 1 aromatic rings. The molecule has 2 aliphatic rings. The van der Waals surface area contributed by atoms with E-state index in [9.17, 15) is 4.79 Å². The highest BCUT2D eigenvalue weighted by molar-refractivity contribution is 5.85. The number of nitrogens with one attached hydrogen (secondary N) is 1. The summed E-state index contributed by atoms with van der Waals surface area (Å²) in [5.41, 5.74) is 1.08. The van der Waals surface area contributed by atoms with E-state index in [4.69, 9.17) is 0 Å². The molecule has 1 aromatic carbocycles. The van der Waals surface area contributed by atoms with E-state index in [1.54, 1.807) is 0 Å². The normalized spacial score (nSPS) is 32.6. The van der Waals surface area contributed by atoms with Gasteiger partial charge in [0.25, 0.3) is 0 Å². The number of hydrogen-bond acceptors (Lipinski definition) is 2. The predicted octanol–water partition coefficient (Wildman–Crippen LogP) is 1.92. The second kappa shape index (κ2) is 4.15. The first-order chi connectivity index (χ1) is 8.25. The zero-order valence-corrected chi connectivity index (χ0v) is 10.1. The first-order valence-electron chi connectivity index (χ1n) is 6.34. The topological polar surface area (TPSA) is 32.3 Å². The van der Waals surface area contributed by atoms with Crippen molar-refractivity contribution in [1.29, 1.82) is 0 Å². The number of hydrogen-bond donors (Lipinski definition) is 1. The van der Waals surface area contributed by atoms with Crippen LogP contribution in [0, 0.1) is 5.92 Å². The van der Waals surface area contributed by atoms with Gasteiger partial charge < -0.3 is 4.90 Å². The Bertz CT molecular complexity index is 411. The van der Waals surface area contributed by atoms with E-state index in [-0.39, 0.29) is 11.9 Å². The largest absolute Gasteiger partial charge is 0.325 e. The number of amides is 1. The third-order valence-electron chi connectivity index (χ3n) is 3.92. The molecule has 17 heavy (non-hydrogen) atoms. The highest BCUT2D eigenvalue weighted by Crippen LogP contribution is 2.34. The fourth-order valence-electron chi connectivity index (χ4n) is 2.85. The molecule has 0 bridgehead atoms. The fraction of sp³-hybridized carbons (Fsp3) is 0.500. The van der Waals surface area contributed by atoms with E-state index in [0.717, 1.165) is 24.3 Å². The molecule has 90 valence electrons. The van der Waals surface area contributed by atoms with E-state index in [1.165, 1.54) is 0 Å². The second-order valence-electron chi connectivity index (χ2n) is 5.24. The number of benzene rings is 1. The molecule has 0 spiro atoms. The Morgan fingerprint density at radius 2 is 1.94 bits per heavy atom. The van der Waals surface area contributed by atoms with Crippen molar-refractivity contribution in [2.45, 2.75) is 31.8 Å². The summed E-state index contributed by atoms with van der Waals surface area (Å²) < 4.78 is 0. The maximum atomic E-state index is 12.3. The number of rotatable bonds is 2. The van der Waals surface area contributed by atoms with Crippen LogP contribution in [0.1, 0.15) is 31.4 Å². The van der Waals surface area contributed by atoms with Gasteiger partial charge in [-0.1, -0.05) is 37.3 Å². The minimum absolute atomic E-state index is 0.132. The van der Waals surface area contributed by atoms with Gasteiger partial charge in [-0.15, -0.1) is 0 Å². The average molecular weight is 230 g/mol. The fourth-order valence-corrected chi connectivity index (χ4v) is 2.85. The van der Waals surface area contributed by atoms with Gasteiger partial charge in [0, 0.05) is 6.04 Å². The smallest absolute Gasteiger partial charge is 0.245 e. The Morgan fingerprint density at radius 3 is 2.59 bits per heavy atom. The van der Waals surface area contributed by atoms with Crippen molar-refractivity contribution in [2.75, 3.05) is 6.67 Å². The highest BCUT2D eigenvalue weighted by atomic mass is 16.2. The van der Waals surface area contributed by atoms with Crippen LogP contribution in [-0.4, -0.2) is 23.5 Å². The monoisotopic (exact) mass is 230 g/mol. The van der Waals surface area contributed by atoms with Gasteiger partial charge in [0.2, 0.25) is 5.91 Å². The molecule has 1 N–H and O–H groups in total. The summed E-state index contributed by atoms with van der Waals surface area (Å²) in [4.78, 5) is 14.3. The zero-order valence-electron chi connectivity index (χ0n) is 10.1. The van der Waals surface area contributed by atoms with Crippen LogP contribution < -0.4 is 5.32 Å². The molecular weight excluding hydrogens is 212 g/mol. The van der Waals surface area contributed by atoms with Crippen LogP contribution in [0.5, 0.6) is 0 Å². The molecule has 1 aliphatic carbocycles. The second-order valence-corrected chi connectivity index (χ2v) is 5.24. The van der Waals surface area contributed by atoms with Crippen LogP contribution in [0.2, 0.25) is 0 Å². The molecule has 1 saturated heterocycles. The summed E-state index contributed by atoms with van der Waals surface area (Å²) in [6.07, 6.45) is 2.32. The third kappa shape index (κ3) is 1.84. The van der Waals surface area contributed by atoms with Crippen LogP contribution in [0.3, 0.4) is 0 Å². The molecule has 2 fully saturated rings. The molecule has 1 aliphatic heterocycles. The quantitative estimate of drug-likeness (QED) is 0.841. The lowest BCUT2D eigenvalue weighted by atomic mass is 9.81. The zero-order chi connectivity index (χ0) is 11.8. The lowest BCUT2D eigenvalue weighted by Crippen LogP contribution is -2.45. The minimum atomic E-state index is -0.132. The van der Waals surface area contributed by atoms with Crippen molar-refractivity contribution in [1.82, 2.24) is 10.2 Å². The first kappa shape index (κ1) is 10.8. The van der Waals surface area contributed by atoms with E-state index < -0.39 is 0 Å². The van der Waals surface area contributed by atoms with Crippen molar-refractivity contribution in [2.24, 2.45) is 5.92 Å². The average Bonchev–Trinajstić information content (AvgIpc) is 2.68. The summed E-state index contributed by atoms with van der Waals surface area (Å²) in [5, 5.41) is 3.31. The lowest BCUT2D eigenvalue weighted by Gasteiger charge is -2.39. The first-order valence-corrected chi connectivity index (χ1v) is 6.34. The molecule has 3 rings (SSSR count). The standard InChI is InChI=1S/C14H18N2O/c1-10-7-12(8-10)16-9-15-13(14(16)17)11-5-3-2-4-6-11/h2-6,10,12-13,15H,7-9H2,1H3. The van der Waals surface area contributed by atoms with Gasteiger partial charge in [0.05, 0.1) is 6.67 Å². The van der Waals surface area contributed by atoms with Gasteiger partial charge in [-0.25, -0.2) is 0 Å². The van der Waals surface area contributed by atoms with Gasteiger partial charge in [0.15, 0.2) is 0 Å². The SMILES string of the molecule is CC1CC(N2CNC(c3ccccc3)C2=O)C1. The van der Waals surface area contributed by atoms with Gasteiger partial charge in [-0.3, -0.25) is 10.1 Å². The van der Waals surface area contributed by atoms with E-state index in [1.807, 2.05) is 35.2 Å². The van der Waals surface area contributed by atoms with Crippen molar-refractivity contribution < 1.29 is 4.79 Å². The molecule has 0 radical (unpaired) electrons. The van der Waals surface area contributed by atoms with Gasteiger partial charge in [0.1, 0.15) is 6.04 Å². The van der Waals surface area contributed by atoms with Crippen molar-refractivity contribution in [3.63, 3.8) is 0 Å². The van der Waals surface area contributed by atoms with Crippen molar-refractivity contribution in [3.8, 4) is 0 Å². The molecule has 1 heterocycles. The van der Waals surface area contributed by atoms with Crippen molar-refractivity contribution in [3.05, 3.63) is 35.9 Å². The highest BCUT2D eigenvalue weighted by Gasteiger charge is 2.40. The number of carbonyl (C=O) groups excluding carboxylic acids is 1. The summed E-state index contributed by atoms with van der Waals surface area (Å²) in [5.74, 6) is 1.02. The molecule has 1 amide bonds. The van der Waals surface area contributed by atoms with Crippen LogP contribution >= 0.6 is 0 Å². The molecule has 1 atom stereocenters. The summed E-state index contributed by atoms with van der Waals surface area (Å²) >= 11 is 0. The third-order valence-corrected chi connectivity index (χ3v) is 3.92. The Morgan fingerprint density at radius 1 is 1.24 bits per heavy atom. The Labute approximate surface area is 102 Å². The Balaban J connectivity index is 1.72. The summed E-state index contributed by atoms with van der Waals surface area (Å²) in [6, 6.07) is 10.3. The maximum absolute atomic E-state index is 12.3. The Kier molecular flexibility index (Phi) is 2.63. The van der Waals surface area contributed by atoms with Crippen molar-refractivity contribution >= 4 is 5.91 Å².